The van der Waals surface area contributed by atoms with E-state index in [0.717, 1.165) is 43.4 Å². The summed E-state index contributed by atoms with van der Waals surface area (Å²) in [5.74, 6) is 1.64. The molecule has 2 rings (SSSR count). The lowest BCUT2D eigenvalue weighted by Crippen LogP contribution is -2.43. The summed E-state index contributed by atoms with van der Waals surface area (Å²) in [7, 11) is 3.57. The fourth-order valence-corrected chi connectivity index (χ4v) is 3.23. The second-order valence-electron chi connectivity index (χ2n) is 6.37. The van der Waals surface area contributed by atoms with Gasteiger partial charge in [0, 0.05) is 33.4 Å². The van der Waals surface area contributed by atoms with Crippen molar-refractivity contribution >= 4 is 5.96 Å². The van der Waals surface area contributed by atoms with Crippen LogP contribution in [0.1, 0.15) is 50.5 Å². The molecule has 2 N–H and O–H groups in total. The van der Waals surface area contributed by atoms with E-state index in [9.17, 15) is 0 Å². The number of rotatable bonds is 8. The second-order valence-corrected chi connectivity index (χ2v) is 6.37. The van der Waals surface area contributed by atoms with Crippen molar-refractivity contribution in [2.45, 2.75) is 52.0 Å². The first kappa shape index (κ1) is 17.8. The number of aryl methyl sites for hydroxylation is 1. The lowest BCUT2D eigenvalue weighted by molar-refractivity contribution is 0.138. The predicted octanol–water partition coefficient (Wildman–Crippen LogP) is 2.50. The third kappa shape index (κ3) is 5.23. The van der Waals surface area contributed by atoms with Gasteiger partial charge in [-0.15, -0.1) is 0 Å². The van der Waals surface area contributed by atoms with Crippen molar-refractivity contribution in [3.8, 4) is 0 Å². The van der Waals surface area contributed by atoms with Crippen molar-refractivity contribution in [2.24, 2.45) is 10.4 Å². The highest BCUT2D eigenvalue weighted by atomic mass is 16.5. The maximum atomic E-state index is 5.29. The number of nitrogens with one attached hydrogen (secondary N) is 2. The number of hydrogen-bond donors (Lipinski definition) is 2. The molecule has 1 aromatic rings. The second kappa shape index (κ2) is 8.91. The van der Waals surface area contributed by atoms with Crippen LogP contribution in [0, 0.1) is 5.41 Å². The van der Waals surface area contributed by atoms with E-state index in [1.807, 2.05) is 6.07 Å². The maximum Gasteiger partial charge on any atom is 0.191 e. The zero-order valence-electron chi connectivity index (χ0n) is 14.7. The Balaban J connectivity index is 1.81. The Morgan fingerprint density at radius 1 is 1.39 bits per heavy atom. The fraction of sp³-hybridized carbons (Fsp3) is 0.765. The molecule has 6 heteroatoms. The summed E-state index contributed by atoms with van der Waals surface area (Å²) < 4.78 is 10.6. The van der Waals surface area contributed by atoms with E-state index in [-0.39, 0.29) is 0 Å². The number of ether oxygens (including phenoxy) is 1. The molecule has 0 spiro atoms. The Morgan fingerprint density at radius 2 is 2.17 bits per heavy atom. The van der Waals surface area contributed by atoms with E-state index < -0.39 is 0 Å². The molecule has 1 saturated carbocycles. The Hall–Kier alpha value is -1.56. The van der Waals surface area contributed by atoms with Crippen molar-refractivity contribution in [3.63, 3.8) is 0 Å². The zero-order chi connectivity index (χ0) is 16.5. The molecule has 130 valence electrons. The van der Waals surface area contributed by atoms with Crippen molar-refractivity contribution in [2.75, 3.05) is 27.3 Å². The monoisotopic (exact) mass is 322 g/mol. The van der Waals surface area contributed by atoms with Gasteiger partial charge in [0.1, 0.15) is 0 Å². The molecule has 0 unspecified atom stereocenters. The number of aromatic nitrogens is 1. The van der Waals surface area contributed by atoms with E-state index in [0.29, 0.717) is 12.0 Å². The summed E-state index contributed by atoms with van der Waals surface area (Å²) in [6, 6.07) is 1.98. The number of nitrogens with zero attached hydrogens (tertiary/aromatic N) is 2. The van der Waals surface area contributed by atoms with Crippen molar-refractivity contribution in [1.82, 2.24) is 15.8 Å². The van der Waals surface area contributed by atoms with Crippen LogP contribution in [0.5, 0.6) is 0 Å². The smallest absolute Gasteiger partial charge is 0.191 e. The third-order valence-electron chi connectivity index (χ3n) is 4.76. The van der Waals surface area contributed by atoms with Gasteiger partial charge < -0.3 is 19.9 Å². The fourth-order valence-electron chi connectivity index (χ4n) is 3.23. The highest BCUT2D eigenvalue weighted by Gasteiger charge is 2.33. The molecular weight excluding hydrogens is 292 g/mol. The van der Waals surface area contributed by atoms with Crippen LogP contribution in [-0.2, 0) is 17.7 Å². The average molecular weight is 322 g/mol. The largest absolute Gasteiger partial charge is 0.385 e. The molecular formula is C17H30N4O2. The highest BCUT2D eigenvalue weighted by Crippen LogP contribution is 2.40. The summed E-state index contributed by atoms with van der Waals surface area (Å²) in [5.41, 5.74) is 1.32. The van der Waals surface area contributed by atoms with Gasteiger partial charge in [-0.3, -0.25) is 4.99 Å². The Labute approximate surface area is 139 Å². The molecule has 6 nitrogen and oxygen atoms in total. The van der Waals surface area contributed by atoms with Gasteiger partial charge in [0.05, 0.1) is 12.2 Å². The van der Waals surface area contributed by atoms with E-state index in [2.05, 4.69) is 27.7 Å². The van der Waals surface area contributed by atoms with Crippen molar-refractivity contribution < 1.29 is 9.26 Å². The molecule has 0 atom stereocenters. The Morgan fingerprint density at radius 3 is 2.78 bits per heavy atom. The molecule has 1 aromatic heterocycles. The van der Waals surface area contributed by atoms with Crippen molar-refractivity contribution in [3.05, 3.63) is 17.5 Å². The van der Waals surface area contributed by atoms with Crippen LogP contribution in [0.2, 0.25) is 0 Å². The van der Waals surface area contributed by atoms with Crippen LogP contribution >= 0.6 is 0 Å². The lowest BCUT2D eigenvalue weighted by Gasteiger charge is -2.29. The van der Waals surface area contributed by atoms with Gasteiger partial charge in [0.25, 0.3) is 0 Å². The van der Waals surface area contributed by atoms with Crippen LogP contribution in [0.3, 0.4) is 0 Å². The average Bonchev–Trinajstić information content (AvgIpc) is 3.23. The highest BCUT2D eigenvalue weighted by molar-refractivity contribution is 5.79. The zero-order valence-corrected chi connectivity index (χ0v) is 14.7. The van der Waals surface area contributed by atoms with Gasteiger partial charge in [-0.2, -0.15) is 0 Å². The molecule has 1 aliphatic carbocycles. The molecule has 23 heavy (non-hydrogen) atoms. The topological polar surface area (TPSA) is 71.7 Å². The molecule has 0 amide bonds. The van der Waals surface area contributed by atoms with Gasteiger partial charge in [0.2, 0.25) is 0 Å². The van der Waals surface area contributed by atoms with Gasteiger partial charge in [-0.25, -0.2) is 0 Å². The first-order chi connectivity index (χ1) is 11.2. The van der Waals surface area contributed by atoms with Gasteiger partial charge in [-0.1, -0.05) is 24.9 Å². The first-order valence-electron chi connectivity index (χ1n) is 8.59. The van der Waals surface area contributed by atoms with E-state index in [1.54, 1.807) is 14.2 Å². The lowest BCUT2D eigenvalue weighted by atomic mass is 9.83. The van der Waals surface area contributed by atoms with Crippen LogP contribution in [-0.4, -0.2) is 38.4 Å². The van der Waals surface area contributed by atoms with Gasteiger partial charge >= 0.3 is 0 Å². The molecule has 0 aromatic carbocycles. The quantitative estimate of drug-likeness (QED) is 0.568. The molecule has 0 bridgehead atoms. The first-order valence-corrected chi connectivity index (χ1v) is 8.59. The minimum atomic E-state index is 0.343. The summed E-state index contributed by atoms with van der Waals surface area (Å²) in [4.78, 5) is 4.30. The third-order valence-corrected chi connectivity index (χ3v) is 4.76. The number of guanidine groups is 1. The summed E-state index contributed by atoms with van der Waals surface area (Å²) >= 11 is 0. The predicted molar refractivity (Wildman–Crippen MR) is 91.5 cm³/mol. The number of methoxy groups -OCH3 is 1. The van der Waals surface area contributed by atoms with E-state index >= 15 is 0 Å². The van der Waals surface area contributed by atoms with Crippen LogP contribution in [0.25, 0.3) is 0 Å². The maximum absolute atomic E-state index is 5.29. The molecule has 1 fully saturated rings. The summed E-state index contributed by atoms with van der Waals surface area (Å²) in [6.45, 7) is 4.42. The minimum Gasteiger partial charge on any atom is -0.385 e. The standard InChI is InChI=1S/C17H30N4O2/c1-4-14-11-15(23-21-14)12-19-16(18-2)20-13-17(9-10-22-3)7-5-6-8-17/h11H,4-10,12-13H2,1-3H3,(H2,18,19,20). The van der Waals surface area contributed by atoms with Crippen LogP contribution in [0.15, 0.2) is 15.6 Å². The van der Waals surface area contributed by atoms with Crippen molar-refractivity contribution in [1.29, 1.82) is 0 Å². The Kier molecular flexibility index (Phi) is 6.89. The molecule has 0 aliphatic heterocycles. The molecule has 1 aliphatic rings. The van der Waals surface area contributed by atoms with E-state index in [4.69, 9.17) is 9.26 Å². The van der Waals surface area contributed by atoms with Gasteiger partial charge in [-0.05, 0) is 31.1 Å². The Bertz CT molecular complexity index is 493. The summed E-state index contributed by atoms with van der Waals surface area (Å²) in [5, 5.41) is 10.8. The van der Waals surface area contributed by atoms with E-state index in [1.165, 1.54) is 25.7 Å². The molecule has 0 saturated heterocycles. The van der Waals surface area contributed by atoms with Crippen LogP contribution < -0.4 is 10.6 Å². The number of aliphatic imine (C=N–C) groups is 1. The molecule has 1 heterocycles. The SMILES string of the molecule is CCc1cc(CNC(=NC)NCC2(CCOC)CCCC2)on1. The molecule has 0 radical (unpaired) electrons. The van der Waals surface area contributed by atoms with Gasteiger partial charge in [0.15, 0.2) is 11.7 Å². The normalized spacial score (nSPS) is 17.4. The van der Waals surface area contributed by atoms with Crippen LogP contribution in [0.4, 0.5) is 0 Å². The summed E-state index contributed by atoms with van der Waals surface area (Å²) in [6.07, 6.45) is 7.16. The minimum absolute atomic E-state index is 0.343. The number of hydrogen-bond acceptors (Lipinski definition) is 4.